The van der Waals surface area contributed by atoms with Crippen molar-refractivity contribution in [2.24, 2.45) is 5.64 Å². The molecule has 0 saturated heterocycles. The minimum absolute atomic E-state index is 0.174. The maximum Gasteiger partial charge on any atom is 0.259 e. The fourth-order valence-corrected chi connectivity index (χ4v) is 1.99. The highest BCUT2D eigenvalue weighted by atomic mass is 14.4. The molecular weight excluding hydrogens is 169 g/mol. The van der Waals surface area contributed by atoms with E-state index in [-0.39, 0.29) is 6.85 Å². The van der Waals surface area contributed by atoms with Crippen LogP contribution < -0.4 is 5.64 Å². The number of hydrogen-bond acceptors (Lipinski definition) is 1. The van der Waals surface area contributed by atoms with Gasteiger partial charge in [-0.3, -0.25) is 0 Å². The molecule has 0 aromatic heterocycles. The molecule has 0 saturated carbocycles. The Labute approximate surface area is 86.2 Å². The first-order valence-corrected chi connectivity index (χ1v) is 5.33. The molecule has 14 heavy (non-hydrogen) atoms. The number of rotatable bonds is 2. The van der Waals surface area contributed by atoms with E-state index in [0.29, 0.717) is 5.82 Å². The third-order valence-corrected chi connectivity index (χ3v) is 2.88. The lowest BCUT2D eigenvalue weighted by Gasteiger charge is -2.20. The van der Waals surface area contributed by atoms with Gasteiger partial charge in [0.25, 0.3) is 6.85 Å². The van der Waals surface area contributed by atoms with E-state index in [1.54, 1.807) is 0 Å². The molecule has 0 spiro atoms. The molecule has 0 fully saturated rings. The average molecular weight is 185 g/mol. The zero-order valence-electron chi connectivity index (χ0n) is 8.39. The van der Waals surface area contributed by atoms with Crippen LogP contribution in [0.2, 0.25) is 5.82 Å². The summed E-state index contributed by atoms with van der Waals surface area (Å²) < 4.78 is 0. The van der Waals surface area contributed by atoms with Crippen LogP contribution in [0.25, 0.3) is 0 Å². The van der Waals surface area contributed by atoms with Crippen LogP contribution in [0.5, 0.6) is 0 Å². The Kier molecular flexibility index (Phi) is 3.05. The fraction of sp³-hybridized carbons (Fsp3) is 0.333. The number of allylic oxidation sites excluding steroid dienone is 8. The first-order chi connectivity index (χ1) is 6.88. The van der Waals surface area contributed by atoms with E-state index in [4.69, 9.17) is 5.64 Å². The second-order valence-electron chi connectivity index (χ2n) is 3.92. The number of hydrogen-bond donors (Lipinski definition) is 1. The summed E-state index contributed by atoms with van der Waals surface area (Å²) in [5.74, 6) is 0.481. The normalized spacial score (nSPS) is 24.9. The second-order valence-corrected chi connectivity index (χ2v) is 3.92. The Balaban J connectivity index is 2.04. The summed E-state index contributed by atoms with van der Waals surface area (Å²) in [7, 11) is 0. The van der Waals surface area contributed by atoms with Crippen molar-refractivity contribution in [1.82, 2.24) is 0 Å². The van der Waals surface area contributed by atoms with E-state index in [9.17, 15) is 0 Å². The minimum Gasteiger partial charge on any atom is -0.365 e. The Morgan fingerprint density at radius 2 is 2.14 bits per heavy atom. The fourth-order valence-electron chi connectivity index (χ4n) is 1.99. The smallest absolute Gasteiger partial charge is 0.259 e. The van der Waals surface area contributed by atoms with E-state index < -0.39 is 0 Å². The molecule has 0 amide bonds. The molecule has 2 heteroatoms. The van der Waals surface area contributed by atoms with Crippen LogP contribution in [-0.2, 0) is 0 Å². The topological polar surface area (TPSA) is 26.0 Å². The van der Waals surface area contributed by atoms with Gasteiger partial charge in [0.05, 0.1) is 0 Å². The van der Waals surface area contributed by atoms with Gasteiger partial charge in [0.2, 0.25) is 0 Å². The van der Waals surface area contributed by atoms with Gasteiger partial charge in [-0.2, -0.15) is 0 Å². The van der Waals surface area contributed by atoms with E-state index in [1.165, 1.54) is 5.47 Å². The van der Waals surface area contributed by atoms with Gasteiger partial charge in [-0.15, -0.1) is 0 Å². The average Bonchev–Trinajstić information content (AvgIpc) is 2.30. The van der Waals surface area contributed by atoms with Crippen molar-refractivity contribution in [2.75, 3.05) is 0 Å². The molecule has 2 N–H and O–H groups in total. The zero-order chi connectivity index (χ0) is 9.80. The molecule has 0 aromatic carbocycles. The van der Waals surface area contributed by atoms with Crippen molar-refractivity contribution in [3.05, 3.63) is 48.0 Å². The van der Waals surface area contributed by atoms with E-state index in [2.05, 4.69) is 42.5 Å². The van der Waals surface area contributed by atoms with Crippen LogP contribution in [0.15, 0.2) is 48.0 Å². The van der Waals surface area contributed by atoms with Crippen LogP contribution in [0, 0.1) is 0 Å². The first kappa shape index (κ1) is 9.54. The zero-order valence-corrected chi connectivity index (χ0v) is 8.39. The van der Waals surface area contributed by atoms with Gasteiger partial charge in [-0.05, 0) is 25.1 Å². The van der Waals surface area contributed by atoms with Crippen molar-refractivity contribution in [1.29, 1.82) is 0 Å². The lowest BCUT2D eigenvalue weighted by molar-refractivity contribution is 0.984. The third-order valence-electron chi connectivity index (χ3n) is 2.88. The maximum absolute atomic E-state index is 6.22. The van der Waals surface area contributed by atoms with Gasteiger partial charge in [-0.25, -0.2) is 0 Å². The van der Waals surface area contributed by atoms with Crippen LogP contribution in [0.3, 0.4) is 0 Å². The van der Waals surface area contributed by atoms with Crippen molar-refractivity contribution in [3.8, 4) is 0 Å². The molecule has 0 aliphatic heterocycles. The van der Waals surface area contributed by atoms with Gasteiger partial charge in [-0.1, -0.05) is 48.0 Å². The molecule has 0 aromatic rings. The summed E-state index contributed by atoms with van der Waals surface area (Å²) >= 11 is 0. The highest BCUT2D eigenvalue weighted by molar-refractivity contribution is 6.66. The summed E-state index contributed by atoms with van der Waals surface area (Å²) in [4.78, 5) is 0. The van der Waals surface area contributed by atoms with Crippen LogP contribution >= 0.6 is 0 Å². The van der Waals surface area contributed by atoms with Gasteiger partial charge in [0.1, 0.15) is 0 Å². The molecule has 1 unspecified atom stereocenters. The van der Waals surface area contributed by atoms with E-state index in [0.717, 1.165) is 19.3 Å². The van der Waals surface area contributed by atoms with Crippen molar-refractivity contribution < 1.29 is 0 Å². The van der Waals surface area contributed by atoms with Gasteiger partial charge < -0.3 is 5.64 Å². The summed E-state index contributed by atoms with van der Waals surface area (Å²) in [5.41, 5.74) is 7.53. The van der Waals surface area contributed by atoms with Gasteiger partial charge >= 0.3 is 0 Å². The molecule has 2 aliphatic carbocycles. The summed E-state index contributed by atoms with van der Waals surface area (Å²) in [6.45, 7) is 0.174. The predicted octanol–water partition coefficient (Wildman–Crippen LogP) is 2.64. The first-order valence-electron chi connectivity index (χ1n) is 5.33. The Morgan fingerprint density at radius 3 is 2.79 bits per heavy atom. The molecule has 0 bridgehead atoms. The highest BCUT2D eigenvalue weighted by Crippen LogP contribution is 2.25. The van der Waals surface area contributed by atoms with Crippen LogP contribution in [-0.4, -0.2) is 6.85 Å². The van der Waals surface area contributed by atoms with Crippen LogP contribution in [0.4, 0.5) is 0 Å². The molecule has 0 heterocycles. The Bertz CT molecular complexity index is 312. The second kappa shape index (κ2) is 4.47. The quantitative estimate of drug-likeness (QED) is 0.657. The highest BCUT2D eigenvalue weighted by Gasteiger charge is 2.22. The molecule has 2 rings (SSSR count). The predicted molar refractivity (Wildman–Crippen MR) is 63.0 cm³/mol. The SMILES string of the molecule is NB(C1=CCCC=C1)C1C=CC=CC1. The largest absolute Gasteiger partial charge is 0.365 e. The molecule has 1 nitrogen and oxygen atoms in total. The Morgan fingerprint density at radius 1 is 1.21 bits per heavy atom. The molecule has 1 atom stereocenters. The van der Waals surface area contributed by atoms with Gasteiger partial charge in [0.15, 0.2) is 0 Å². The lowest BCUT2D eigenvalue weighted by atomic mass is 9.45. The van der Waals surface area contributed by atoms with E-state index >= 15 is 0 Å². The molecular formula is C12H16BN. The minimum atomic E-state index is 0.174. The van der Waals surface area contributed by atoms with Crippen molar-refractivity contribution in [2.45, 2.75) is 25.1 Å². The Hall–Kier alpha value is -1.02. The van der Waals surface area contributed by atoms with Gasteiger partial charge in [0, 0.05) is 0 Å². The van der Waals surface area contributed by atoms with Crippen molar-refractivity contribution in [3.63, 3.8) is 0 Å². The van der Waals surface area contributed by atoms with Crippen LogP contribution in [0.1, 0.15) is 19.3 Å². The lowest BCUT2D eigenvalue weighted by Crippen LogP contribution is -2.33. The van der Waals surface area contributed by atoms with E-state index in [1.807, 2.05) is 0 Å². The summed E-state index contributed by atoms with van der Waals surface area (Å²) in [5, 5.41) is 0. The number of nitrogens with two attached hydrogens (primary N) is 1. The standard InChI is InChI=1S/C12H16BN/c14-13(11-7-3-1-4-8-11)12-9-5-2-6-10-12/h1,3-5,7,9-11H,2,6,8,14H2. The van der Waals surface area contributed by atoms with Crippen molar-refractivity contribution >= 4 is 6.85 Å². The maximum atomic E-state index is 6.22. The molecule has 72 valence electrons. The summed E-state index contributed by atoms with van der Waals surface area (Å²) in [6.07, 6.45) is 18.7. The monoisotopic (exact) mass is 185 g/mol. The third kappa shape index (κ3) is 2.07. The molecule has 0 radical (unpaired) electrons. The molecule has 2 aliphatic rings. The summed E-state index contributed by atoms with van der Waals surface area (Å²) in [6, 6.07) is 0.